The van der Waals surface area contributed by atoms with Gasteiger partial charge in [-0.25, -0.2) is 9.18 Å². The van der Waals surface area contributed by atoms with Crippen molar-refractivity contribution >= 4 is 5.97 Å². The van der Waals surface area contributed by atoms with Crippen LogP contribution in [0.4, 0.5) is 4.39 Å². The van der Waals surface area contributed by atoms with Gasteiger partial charge < -0.3 is 4.74 Å². The summed E-state index contributed by atoms with van der Waals surface area (Å²) >= 11 is 0. The topological polar surface area (TPSA) is 44.1 Å². The van der Waals surface area contributed by atoms with E-state index in [0.29, 0.717) is 12.3 Å². The minimum atomic E-state index is -0.548. The molecule has 0 saturated carbocycles. The van der Waals surface area contributed by atoms with Gasteiger partial charge in [0.2, 0.25) is 0 Å². The van der Waals surface area contributed by atoms with Crippen molar-refractivity contribution in [2.75, 3.05) is 13.3 Å². The quantitative estimate of drug-likeness (QED) is 0.659. The second-order valence-electron chi connectivity index (χ2n) is 2.35. The Hall–Kier alpha value is -1.39. The van der Waals surface area contributed by atoms with Crippen molar-refractivity contribution in [2.24, 2.45) is 0 Å². The molecule has 0 saturated heterocycles. The van der Waals surface area contributed by atoms with Gasteiger partial charge in [0.25, 0.3) is 0 Å². The van der Waals surface area contributed by atoms with Crippen LogP contribution in [0.2, 0.25) is 0 Å². The smallest absolute Gasteiger partial charge is 0.356 e. The summed E-state index contributed by atoms with van der Waals surface area (Å²) in [7, 11) is 0. The number of hydrogen-bond acceptors (Lipinski definition) is 3. The molecule has 1 heterocycles. The molecule has 13 heavy (non-hydrogen) atoms. The van der Waals surface area contributed by atoms with Crippen molar-refractivity contribution in [3.63, 3.8) is 0 Å². The first-order valence-corrected chi connectivity index (χ1v) is 4.04. The van der Waals surface area contributed by atoms with Gasteiger partial charge >= 0.3 is 5.97 Å². The molecule has 0 amide bonds. The van der Waals surface area contributed by atoms with Gasteiger partial charge in [0.05, 0.1) is 13.2 Å². The lowest BCUT2D eigenvalue weighted by Crippen LogP contribution is -2.14. The average molecular weight is 186 g/mol. The predicted molar refractivity (Wildman–Crippen MR) is 44.2 cm³/mol. The fourth-order valence-corrected chi connectivity index (χ4v) is 0.969. The van der Waals surface area contributed by atoms with E-state index < -0.39 is 12.6 Å². The van der Waals surface area contributed by atoms with E-state index in [-0.39, 0.29) is 6.54 Å². The largest absolute Gasteiger partial charge is 0.461 e. The number of carbonyl (C=O) groups is 1. The maximum atomic E-state index is 12.0. The number of nitrogens with zero attached hydrogens (tertiary/aromatic N) is 2. The van der Waals surface area contributed by atoms with Crippen LogP contribution in [0.25, 0.3) is 0 Å². The lowest BCUT2D eigenvalue weighted by Gasteiger charge is -2.03. The molecule has 1 rings (SSSR count). The minimum Gasteiger partial charge on any atom is -0.461 e. The third-order valence-electron chi connectivity index (χ3n) is 1.50. The molecule has 0 bridgehead atoms. The molecule has 0 aromatic carbocycles. The molecule has 72 valence electrons. The van der Waals surface area contributed by atoms with Crippen LogP contribution in [0.3, 0.4) is 0 Å². The lowest BCUT2D eigenvalue weighted by atomic mass is 10.4. The summed E-state index contributed by atoms with van der Waals surface area (Å²) in [5.74, 6) is -0.464. The number of aryl methyl sites for hydroxylation is 1. The van der Waals surface area contributed by atoms with Crippen molar-refractivity contribution in [1.29, 1.82) is 0 Å². The molecule has 4 nitrogen and oxygen atoms in total. The highest BCUT2D eigenvalue weighted by atomic mass is 19.1. The van der Waals surface area contributed by atoms with E-state index in [1.165, 1.54) is 16.9 Å². The minimum absolute atomic E-state index is 0.0845. The highest BCUT2D eigenvalue weighted by molar-refractivity contribution is 5.87. The summed E-state index contributed by atoms with van der Waals surface area (Å²) in [6.45, 7) is 1.56. The number of ether oxygens (including phenoxy) is 1. The predicted octanol–water partition coefficient (Wildman–Crippen LogP) is 1.03. The Bertz CT molecular complexity index is 285. The van der Waals surface area contributed by atoms with Crippen molar-refractivity contribution < 1.29 is 13.9 Å². The summed E-state index contributed by atoms with van der Waals surface area (Å²) in [6, 6.07) is 1.51. The molecule has 0 unspecified atom stereocenters. The van der Waals surface area contributed by atoms with Crippen molar-refractivity contribution in [3.8, 4) is 0 Å². The van der Waals surface area contributed by atoms with Gasteiger partial charge in [0, 0.05) is 6.20 Å². The molecule has 0 aliphatic rings. The second-order valence-corrected chi connectivity index (χ2v) is 2.35. The third-order valence-corrected chi connectivity index (χ3v) is 1.50. The lowest BCUT2D eigenvalue weighted by molar-refractivity contribution is 0.0511. The second kappa shape index (κ2) is 4.59. The van der Waals surface area contributed by atoms with Crippen molar-refractivity contribution in [1.82, 2.24) is 9.78 Å². The van der Waals surface area contributed by atoms with Crippen LogP contribution < -0.4 is 0 Å². The Kier molecular flexibility index (Phi) is 3.42. The van der Waals surface area contributed by atoms with Gasteiger partial charge in [-0.2, -0.15) is 5.10 Å². The van der Waals surface area contributed by atoms with Gasteiger partial charge in [-0.05, 0) is 13.0 Å². The van der Waals surface area contributed by atoms with Crippen LogP contribution in [0.15, 0.2) is 12.3 Å². The summed E-state index contributed by atoms with van der Waals surface area (Å²) in [6.07, 6.45) is 1.45. The standard InChI is InChI=1S/C8H11FN2O2/c1-2-13-8(12)7-3-5-10-11(7)6-4-9/h3,5H,2,4,6H2,1H3. The zero-order chi connectivity index (χ0) is 9.68. The molecule has 0 aliphatic heterocycles. The van der Waals surface area contributed by atoms with Crippen LogP contribution in [0.1, 0.15) is 17.4 Å². The first-order chi connectivity index (χ1) is 6.29. The third kappa shape index (κ3) is 2.27. The zero-order valence-corrected chi connectivity index (χ0v) is 7.36. The fourth-order valence-electron chi connectivity index (χ4n) is 0.969. The molecule has 0 spiro atoms. The number of halogens is 1. The Morgan fingerprint density at radius 1 is 1.77 bits per heavy atom. The highest BCUT2D eigenvalue weighted by Gasteiger charge is 2.11. The molecule has 1 aromatic rings. The van der Waals surface area contributed by atoms with Gasteiger partial charge in [0.15, 0.2) is 0 Å². The molecule has 0 fully saturated rings. The van der Waals surface area contributed by atoms with E-state index in [9.17, 15) is 9.18 Å². The molecular weight excluding hydrogens is 175 g/mol. The number of carbonyl (C=O) groups excluding carboxylic acids is 1. The normalized spacial score (nSPS) is 10.0. The van der Waals surface area contributed by atoms with Gasteiger partial charge in [-0.1, -0.05) is 0 Å². The summed E-state index contributed by atoms with van der Waals surface area (Å²) in [5, 5.41) is 3.79. The summed E-state index contributed by atoms with van der Waals surface area (Å²) in [5.41, 5.74) is 0.291. The SMILES string of the molecule is CCOC(=O)c1ccnn1CCF. The highest BCUT2D eigenvalue weighted by Crippen LogP contribution is 2.01. The molecule has 0 aliphatic carbocycles. The van der Waals surface area contributed by atoms with E-state index in [2.05, 4.69) is 5.10 Å². The first kappa shape index (κ1) is 9.70. The van der Waals surface area contributed by atoms with Crippen LogP contribution in [-0.2, 0) is 11.3 Å². The Balaban J connectivity index is 2.74. The Morgan fingerprint density at radius 2 is 2.54 bits per heavy atom. The Morgan fingerprint density at radius 3 is 3.15 bits per heavy atom. The van der Waals surface area contributed by atoms with E-state index in [0.717, 1.165) is 0 Å². The number of hydrogen-bond donors (Lipinski definition) is 0. The van der Waals surface area contributed by atoms with Crippen LogP contribution in [-0.4, -0.2) is 29.0 Å². The van der Waals surface area contributed by atoms with Gasteiger partial charge in [-0.15, -0.1) is 0 Å². The van der Waals surface area contributed by atoms with E-state index in [4.69, 9.17) is 4.74 Å². The summed E-state index contributed by atoms with van der Waals surface area (Å²) in [4.78, 5) is 11.2. The molecular formula is C8H11FN2O2. The van der Waals surface area contributed by atoms with Gasteiger partial charge in [-0.3, -0.25) is 4.68 Å². The van der Waals surface area contributed by atoms with Crippen LogP contribution >= 0.6 is 0 Å². The number of aromatic nitrogens is 2. The maximum absolute atomic E-state index is 12.0. The van der Waals surface area contributed by atoms with Crippen LogP contribution in [0.5, 0.6) is 0 Å². The first-order valence-electron chi connectivity index (χ1n) is 4.04. The molecule has 0 radical (unpaired) electrons. The fraction of sp³-hybridized carbons (Fsp3) is 0.500. The monoisotopic (exact) mass is 186 g/mol. The van der Waals surface area contributed by atoms with Gasteiger partial charge in [0.1, 0.15) is 12.4 Å². The molecule has 5 heteroatoms. The number of rotatable bonds is 4. The molecule has 1 aromatic heterocycles. The average Bonchev–Trinajstić information content (AvgIpc) is 2.54. The van der Waals surface area contributed by atoms with Crippen LogP contribution in [0, 0.1) is 0 Å². The van der Waals surface area contributed by atoms with Crippen molar-refractivity contribution in [3.05, 3.63) is 18.0 Å². The van der Waals surface area contributed by atoms with E-state index >= 15 is 0 Å². The maximum Gasteiger partial charge on any atom is 0.356 e. The zero-order valence-electron chi connectivity index (χ0n) is 7.36. The Labute approximate surface area is 75.3 Å². The van der Waals surface area contributed by atoms with E-state index in [1.807, 2.05) is 0 Å². The number of esters is 1. The molecule has 0 N–H and O–H groups in total. The summed E-state index contributed by atoms with van der Waals surface area (Å²) < 4.78 is 18.0. The van der Waals surface area contributed by atoms with Crippen molar-refractivity contribution in [2.45, 2.75) is 13.5 Å². The van der Waals surface area contributed by atoms with E-state index in [1.54, 1.807) is 6.92 Å². The molecule has 0 atom stereocenters. The number of alkyl halides is 1.